The monoisotopic (exact) mass is 229 g/mol. The standard InChI is InChI=1S/C13H27NO2/c1-10(9-15)14(4)8-11-6-5-7-13(2,3)12(11)16/h10-12,15-16H,5-9H2,1-4H3. The van der Waals surface area contributed by atoms with Crippen LogP contribution in [0.2, 0.25) is 0 Å². The van der Waals surface area contributed by atoms with Gasteiger partial charge in [-0.2, -0.15) is 0 Å². The van der Waals surface area contributed by atoms with Crippen LogP contribution < -0.4 is 0 Å². The molecule has 0 saturated heterocycles. The van der Waals surface area contributed by atoms with Crippen LogP contribution in [-0.2, 0) is 0 Å². The van der Waals surface area contributed by atoms with Gasteiger partial charge in [0.2, 0.25) is 0 Å². The molecule has 96 valence electrons. The van der Waals surface area contributed by atoms with Crippen LogP contribution in [0.4, 0.5) is 0 Å². The van der Waals surface area contributed by atoms with Crippen molar-refractivity contribution < 1.29 is 10.2 Å². The van der Waals surface area contributed by atoms with E-state index in [1.54, 1.807) is 0 Å². The fourth-order valence-electron chi connectivity index (χ4n) is 2.64. The van der Waals surface area contributed by atoms with Gasteiger partial charge in [-0.1, -0.05) is 20.3 Å². The van der Waals surface area contributed by atoms with E-state index in [0.717, 1.165) is 19.4 Å². The van der Waals surface area contributed by atoms with E-state index >= 15 is 0 Å². The van der Waals surface area contributed by atoms with Gasteiger partial charge in [-0.3, -0.25) is 0 Å². The van der Waals surface area contributed by atoms with Gasteiger partial charge in [0.15, 0.2) is 0 Å². The van der Waals surface area contributed by atoms with Crippen LogP contribution in [0.1, 0.15) is 40.0 Å². The third-order valence-electron chi connectivity index (χ3n) is 4.18. The molecule has 0 aromatic carbocycles. The van der Waals surface area contributed by atoms with E-state index in [4.69, 9.17) is 5.11 Å². The Morgan fingerprint density at radius 1 is 1.44 bits per heavy atom. The average molecular weight is 229 g/mol. The Balaban J connectivity index is 2.53. The van der Waals surface area contributed by atoms with Crippen molar-refractivity contribution in [2.24, 2.45) is 11.3 Å². The Hall–Kier alpha value is -0.120. The molecular weight excluding hydrogens is 202 g/mol. The van der Waals surface area contributed by atoms with Crippen molar-refractivity contribution in [3.05, 3.63) is 0 Å². The largest absolute Gasteiger partial charge is 0.395 e. The highest BCUT2D eigenvalue weighted by atomic mass is 16.3. The molecule has 1 aliphatic rings. The summed E-state index contributed by atoms with van der Waals surface area (Å²) in [6.07, 6.45) is 3.21. The normalized spacial score (nSPS) is 31.7. The molecule has 1 aliphatic carbocycles. The lowest BCUT2D eigenvalue weighted by molar-refractivity contribution is -0.0452. The predicted octanol–water partition coefficient (Wildman–Crippen LogP) is 1.49. The maximum Gasteiger partial charge on any atom is 0.0631 e. The first kappa shape index (κ1) is 13.9. The summed E-state index contributed by atoms with van der Waals surface area (Å²) in [6.45, 7) is 7.38. The number of hydrogen-bond donors (Lipinski definition) is 2. The third-order valence-corrected chi connectivity index (χ3v) is 4.18. The summed E-state index contributed by atoms with van der Waals surface area (Å²) in [5, 5.41) is 19.4. The molecule has 3 nitrogen and oxygen atoms in total. The Labute approximate surface area is 99.5 Å². The zero-order valence-corrected chi connectivity index (χ0v) is 11.1. The summed E-state index contributed by atoms with van der Waals surface area (Å²) in [6, 6.07) is 0.178. The van der Waals surface area contributed by atoms with Crippen LogP contribution in [-0.4, -0.2) is 47.5 Å². The Kier molecular flexibility index (Phi) is 4.77. The fourth-order valence-corrected chi connectivity index (χ4v) is 2.64. The van der Waals surface area contributed by atoms with E-state index in [9.17, 15) is 5.11 Å². The van der Waals surface area contributed by atoms with Crippen molar-refractivity contribution >= 4 is 0 Å². The molecule has 0 spiro atoms. The van der Waals surface area contributed by atoms with E-state index < -0.39 is 0 Å². The van der Waals surface area contributed by atoms with E-state index in [1.807, 2.05) is 14.0 Å². The number of aliphatic hydroxyl groups excluding tert-OH is 2. The number of aliphatic hydroxyl groups is 2. The maximum absolute atomic E-state index is 10.3. The van der Waals surface area contributed by atoms with Gasteiger partial charge in [-0.05, 0) is 38.1 Å². The molecule has 0 aromatic rings. The lowest BCUT2D eigenvalue weighted by Gasteiger charge is -2.42. The van der Waals surface area contributed by atoms with Crippen molar-refractivity contribution in [1.82, 2.24) is 4.90 Å². The molecule has 2 N–H and O–H groups in total. The number of hydrogen-bond acceptors (Lipinski definition) is 3. The van der Waals surface area contributed by atoms with E-state index in [0.29, 0.717) is 5.92 Å². The van der Waals surface area contributed by atoms with Crippen molar-refractivity contribution in [3.63, 3.8) is 0 Å². The highest BCUT2D eigenvalue weighted by molar-refractivity contribution is 4.89. The van der Waals surface area contributed by atoms with Gasteiger partial charge in [0.25, 0.3) is 0 Å². The second-order valence-corrected chi connectivity index (χ2v) is 6.06. The molecule has 0 heterocycles. The first-order valence-corrected chi connectivity index (χ1v) is 6.37. The first-order valence-electron chi connectivity index (χ1n) is 6.37. The van der Waals surface area contributed by atoms with Gasteiger partial charge in [-0.25, -0.2) is 0 Å². The number of rotatable bonds is 4. The quantitative estimate of drug-likeness (QED) is 0.767. The van der Waals surface area contributed by atoms with Gasteiger partial charge >= 0.3 is 0 Å². The Morgan fingerprint density at radius 2 is 2.06 bits per heavy atom. The van der Waals surface area contributed by atoms with Crippen LogP contribution in [0.15, 0.2) is 0 Å². The van der Waals surface area contributed by atoms with Gasteiger partial charge in [0.05, 0.1) is 12.7 Å². The van der Waals surface area contributed by atoms with Gasteiger partial charge in [-0.15, -0.1) is 0 Å². The minimum Gasteiger partial charge on any atom is -0.395 e. The third kappa shape index (κ3) is 3.19. The second-order valence-electron chi connectivity index (χ2n) is 6.06. The summed E-state index contributed by atoms with van der Waals surface area (Å²) in [5.74, 6) is 0.350. The highest BCUT2D eigenvalue weighted by Crippen LogP contribution is 2.39. The molecule has 16 heavy (non-hydrogen) atoms. The summed E-state index contributed by atoms with van der Waals surface area (Å²) in [7, 11) is 2.02. The molecule has 0 radical (unpaired) electrons. The van der Waals surface area contributed by atoms with Gasteiger partial charge in [0, 0.05) is 12.6 Å². The summed E-state index contributed by atoms with van der Waals surface area (Å²) in [5.41, 5.74) is 0.0478. The van der Waals surface area contributed by atoms with Crippen LogP contribution in [0.3, 0.4) is 0 Å². The van der Waals surface area contributed by atoms with Crippen LogP contribution in [0.25, 0.3) is 0 Å². The average Bonchev–Trinajstić information content (AvgIpc) is 2.23. The Bertz CT molecular complexity index is 218. The number of likely N-dealkylation sites (N-methyl/N-ethyl adjacent to an activating group) is 1. The highest BCUT2D eigenvalue weighted by Gasteiger charge is 2.38. The topological polar surface area (TPSA) is 43.7 Å². The maximum atomic E-state index is 10.3. The van der Waals surface area contributed by atoms with E-state index in [-0.39, 0.29) is 24.2 Å². The molecule has 0 amide bonds. The summed E-state index contributed by atoms with van der Waals surface area (Å²) >= 11 is 0. The van der Waals surface area contributed by atoms with Gasteiger partial charge in [0.1, 0.15) is 0 Å². The van der Waals surface area contributed by atoms with E-state index in [2.05, 4.69) is 18.7 Å². The van der Waals surface area contributed by atoms with Crippen molar-refractivity contribution in [2.45, 2.75) is 52.2 Å². The second kappa shape index (κ2) is 5.48. The molecule has 1 saturated carbocycles. The van der Waals surface area contributed by atoms with Crippen LogP contribution in [0, 0.1) is 11.3 Å². The van der Waals surface area contributed by atoms with Crippen LogP contribution in [0.5, 0.6) is 0 Å². The van der Waals surface area contributed by atoms with Gasteiger partial charge < -0.3 is 15.1 Å². The summed E-state index contributed by atoms with van der Waals surface area (Å²) < 4.78 is 0. The smallest absolute Gasteiger partial charge is 0.0631 e. The molecule has 0 bridgehead atoms. The minimum absolute atomic E-state index is 0.0478. The van der Waals surface area contributed by atoms with Crippen LogP contribution >= 0.6 is 0 Å². The molecule has 0 aromatic heterocycles. The van der Waals surface area contributed by atoms with E-state index in [1.165, 1.54) is 6.42 Å². The van der Waals surface area contributed by atoms with Crippen molar-refractivity contribution in [3.8, 4) is 0 Å². The first-order chi connectivity index (χ1) is 7.38. The fraction of sp³-hybridized carbons (Fsp3) is 1.00. The number of nitrogens with zero attached hydrogens (tertiary/aromatic N) is 1. The minimum atomic E-state index is -0.213. The molecule has 3 atom stereocenters. The molecular formula is C13H27NO2. The zero-order valence-electron chi connectivity index (χ0n) is 11.1. The predicted molar refractivity (Wildman–Crippen MR) is 66.3 cm³/mol. The molecule has 0 aliphatic heterocycles. The Morgan fingerprint density at radius 3 is 2.62 bits per heavy atom. The zero-order chi connectivity index (χ0) is 12.3. The van der Waals surface area contributed by atoms with Crippen molar-refractivity contribution in [1.29, 1.82) is 0 Å². The molecule has 3 heteroatoms. The van der Waals surface area contributed by atoms with Crippen molar-refractivity contribution in [2.75, 3.05) is 20.2 Å². The SMILES string of the molecule is CC(CO)N(C)CC1CCCC(C)(C)C1O. The molecule has 1 fully saturated rings. The summed E-state index contributed by atoms with van der Waals surface area (Å²) in [4.78, 5) is 2.15. The lowest BCUT2D eigenvalue weighted by atomic mass is 9.69. The molecule has 3 unspecified atom stereocenters. The lowest BCUT2D eigenvalue weighted by Crippen LogP contribution is -2.46. The molecule has 1 rings (SSSR count).